The fourth-order valence-corrected chi connectivity index (χ4v) is 3.36. The molecule has 0 atom stereocenters. The highest BCUT2D eigenvalue weighted by Crippen LogP contribution is 2.36. The van der Waals surface area contributed by atoms with Crippen LogP contribution in [0.2, 0.25) is 0 Å². The van der Waals surface area contributed by atoms with Gasteiger partial charge in [0, 0.05) is 22.5 Å². The number of aromatic nitrogens is 1. The van der Waals surface area contributed by atoms with Crippen LogP contribution in [0.3, 0.4) is 0 Å². The molecule has 0 bridgehead atoms. The minimum Gasteiger partial charge on any atom is -0.263 e. The van der Waals surface area contributed by atoms with Crippen LogP contribution >= 0.6 is 0 Å². The SMILES string of the molecule is C=N/C(=C(\C(C)=C(/C)C(=C)CCC)c1cc(C)nc(C)c1)c1ccccc1. The van der Waals surface area contributed by atoms with E-state index < -0.39 is 0 Å². The van der Waals surface area contributed by atoms with Gasteiger partial charge in [0.05, 0.1) is 5.70 Å². The molecule has 0 saturated carbocycles. The van der Waals surface area contributed by atoms with E-state index in [-0.39, 0.29) is 0 Å². The average Bonchev–Trinajstić information content (AvgIpc) is 2.64. The first-order chi connectivity index (χ1) is 12.9. The summed E-state index contributed by atoms with van der Waals surface area (Å²) in [6.45, 7) is 18.7. The Hall–Kier alpha value is -2.74. The molecule has 0 saturated heterocycles. The van der Waals surface area contributed by atoms with Crippen molar-refractivity contribution in [2.45, 2.75) is 47.5 Å². The number of allylic oxidation sites excluding steroid dienone is 4. The number of rotatable bonds is 7. The fraction of sp³-hybridized carbons (Fsp3) is 0.280. The molecule has 2 nitrogen and oxygen atoms in total. The van der Waals surface area contributed by atoms with Gasteiger partial charge in [-0.05, 0) is 69.7 Å². The summed E-state index contributed by atoms with van der Waals surface area (Å²) in [6, 6.07) is 14.5. The first-order valence-corrected chi connectivity index (χ1v) is 9.47. The molecular formula is C25H30N2. The Morgan fingerprint density at radius 2 is 1.56 bits per heavy atom. The van der Waals surface area contributed by atoms with Gasteiger partial charge in [-0.1, -0.05) is 55.8 Å². The zero-order valence-corrected chi connectivity index (χ0v) is 17.3. The van der Waals surface area contributed by atoms with Gasteiger partial charge in [-0.3, -0.25) is 9.98 Å². The molecule has 2 rings (SSSR count). The first kappa shape index (κ1) is 20.6. The highest BCUT2D eigenvalue weighted by Gasteiger charge is 2.16. The molecule has 0 aliphatic carbocycles. The number of hydrogen-bond donors (Lipinski definition) is 0. The maximum atomic E-state index is 4.54. The van der Waals surface area contributed by atoms with Crippen molar-refractivity contribution in [3.8, 4) is 0 Å². The smallest absolute Gasteiger partial charge is 0.0775 e. The van der Waals surface area contributed by atoms with Crippen molar-refractivity contribution in [1.82, 2.24) is 4.98 Å². The Labute approximate surface area is 164 Å². The van der Waals surface area contributed by atoms with Crippen LogP contribution in [0.1, 0.15) is 56.1 Å². The van der Waals surface area contributed by atoms with Gasteiger partial charge in [0.25, 0.3) is 0 Å². The Balaban J connectivity index is 2.83. The Morgan fingerprint density at radius 3 is 2.07 bits per heavy atom. The van der Waals surface area contributed by atoms with E-state index in [0.29, 0.717) is 0 Å². The van der Waals surface area contributed by atoms with Gasteiger partial charge in [0.2, 0.25) is 0 Å². The third-order valence-corrected chi connectivity index (χ3v) is 4.83. The Kier molecular flexibility index (Phi) is 7.06. The van der Waals surface area contributed by atoms with E-state index in [2.05, 4.69) is 68.3 Å². The predicted octanol–water partition coefficient (Wildman–Crippen LogP) is 6.96. The number of aliphatic imine (C=N–C) groups is 1. The Bertz CT molecular complexity index is 879. The summed E-state index contributed by atoms with van der Waals surface area (Å²) < 4.78 is 0. The van der Waals surface area contributed by atoms with E-state index in [0.717, 1.165) is 46.6 Å². The van der Waals surface area contributed by atoms with E-state index in [4.69, 9.17) is 0 Å². The van der Waals surface area contributed by atoms with Crippen LogP contribution in [0.4, 0.5) is 0 Å². The van der Waals surface area contributed by atoms with E-state index in [1.807, 2.05) is 32.0 Å². The molecule has 0 N–H and O–H groups in total. The third-order valence-electron chi connectivity index (χ3n) is 4.83. The van der Waals surface area contributed by atoms with Gasteiger partial charge in [-0.25, -0.2) is 0 Å². The van der Waals surface area contributed by atoms with Crippen LogP contribution < -0.4 is 0 Å². The molecule has 1 aromatic carbocycles. The predicted molar refractivity (Wildman–Crippen MR) is 119 cm³/mol. The summed E-state index contributed by atoms with van der Waals surface area (Å²) in [5.74, 6) is 0. The molecule has 0 fully saturated rings. The molecule has 27 heavy (non-hydrogen) atoms. The third kappa shape index (κ3) is 4.91. The van der Waals surface area contributed by atoms with Gasteiger partial charge in [-0.2, -0.15) is 0 Å². The van der Waals surface area contributed by atoms with Crippen molar-refractivity contribution >= 4 is 18.0 Å². The first-order valence-electron chi connectivity index (χ1n) is 9.47. The number of nitrogens with zero attached hydrogens (tertiary/aromatic N) is 2. The Morgan fingerprint density at radius 1 is 0.963 bits per heavy atom. The molecular weight excluding hydrogens is 328 g/mol. The summed E-state index contributed by atoms with van der Waals surface area (Å²) >= 11 is 0. The normalized spacial score (nSPS) is 12.9. The van der Waals surface area contributed by atoms with E-state index in [9.17, 15) is 0 Å². The van der Waals surface area contributed by atoms with Gasteiger partial charge >= 0.3 is 0 Å². The van der Waals surface area contributed by atoms with Crippen molar-refractivity contribution in [2.24, 2.45) is 4.99 Å². The molecule has 0 spiro atoms. The van der Waals surface area contributed by atoms with E-state index >= 15 is 0 Å². The molecule has 140 valence electrons. The molecule has 2 aromatic rings. The summed E-state index contributed by atoms with van der Waals surface area (Å²) in [4.78, 5) is 8.99. The highest BCUT2D eigenvalue weighted by atomic mass is 14.7. The average molecular weight is 359 g/mol. The largest absolute Gasteiger partial charge is 0.263 e. The maximum Gasteiger partial charge on any atom is 0.0775 e. The minimum absolute atomic E-state index is 0.891. The van der Waals surface area contributed by atoms with Crippen molar-refractivity contribution in [1.29, 1.82) is 0 Å². The quantitative estimate of drug-likeness (QED) is 0.388. The fourth-order valence-electron chi connectivity index (χ4n) is 3.36. The van der Waals surface area contributed by atoms with Crippen molar-refractivity contribution in [3.05, 3.63) is 88.3 Å². The lowest BCUT2D eigenvalue weighted by molar-refractivity contribution is 0.912. The van der Waals surface area contributed by atoms with Gasteiger partial charge in [0.15, 0.2) is 0 Å². The minimum atomic E-state index is 0.891. The molecule has 0 aliphatic heterocycles. The monoisotopic (exact) mass is 358 g/mol. The van der Waals surface area contributed by atoms with Crippen molar-refractivity contribution < 1.29 is 0 Å². The molecule has 2 heteroatoms. The molecule has 0 radical (unpaired) electrons. The molecule has 0 unspecified atom stereocenters. The van der Waals surface area contributed by atoms with Gasteiger partial charge in [-0.15, -0.1) is 0 Å². The summed E-state index contributed by atoms with van der Waals surface area (Å²) in [7, 11) is 0. The lowest BCUT2D eigenvalue weighted by atomic mass is 9.88. The van der Waals surface area contributed by atoms with E-state index in [1.54, 1.807) is 0 Å². The zero-order chi connectivity index (χ0) is 20.0. The van der Waals surface area contributed by atoms with Crippen LogP contribution in [0, 0.1) is 13.8 Å². The van der Waals surface area contributed by atoms with Crippen LogP contribution in [0.5, 0.6) is 0 Å². The van der Waals surface area contributed by atoms with Crippen LogP contribution in [-0.4, -0.2) is 11.7 Å². The number of pyridine rings is 1. The van der Waals surface area contributed by atoms with Crippen molar-refractivity contribution in [2.75, 3.05) is 0 Å². The second-order valence-corrected chi connectivity index (χ2v) is 6.99. The van der Waals surface area contributed by atoms with E-state index in [1.165, 1.54) is 16.7 Å². The lowest BCUT2D eigenvalue weighted by Crippen LogP contribution is -1.99. The number of benzene rings is 1. The van der Waals surface area contributed by atoms with Gasteiger partial charge in [0.1, 0.15) is 0 Å². The van der Waals surface area contributed by atoms with Crippen LogP contribution in [-0.2, 0) is 0 Å². The van der Waals surface area contributed by atoms with Crippen LogP contribution in [0.25, 0.3) is 11.3 Å². The molecule has 1 aromatic heterocycles. The lowest BCUT2D eigenvalue weighted by Gasteiger charge is -2.18. The highest BCUT2D eigenvalue weighted by molar-refractivity contribution is 5.99. The van der Waals surface area contributed by atoms with Crippen molar-refractivity contribution in [3.63, 3.8) is 0 Å². The number of aryl methyl sites for hydroxylation is 2. The molecule has 1 heterocycles. The second-order valence-electron chi connectivity index (χ2n) is 6.99. The maximum absolute atomic E-state index is 4.54. The molecule has 0 amide bonds. The summed E-state index contributed by atoms with van der Waals surface area (Å²) in [5.41, 5.74) is 9.73. The number of hydrogen-bond acceptors (Lipinski definition) is 2. The van der Waals surface area contributed by atoms with Crippen LogP contribution in [0.15, 0.2) is 70.8 Å². The summed E-state index contributed by atoms with van der Waals surface area (Å²) in [6.07, 6.45) is 2.08. The van der Waals surface area contributed by atoms with Gasteiger partial charge < -0.3 is 0 Å². The second kappa shape index (κ2) is 9.27. The zero-order valence-electron chi connectivity index (χ0n) is 17.3. The topological polar surface area (TPSA) is 25.2 Å². The summed E-state index contributed by atoms with van der Waals surface area (Å²) in [5, 5.41) is 0. The molecule has 0 aliphatic rings. The standard InChI is InChI=1S/C25H30N2/c1-8-12-17(2)20(5)21(6)24(23-15-18(3)27-19(4)16-23)25(26-7)22-13-10-9-11-14-22/h9-11,13-16H,2,7-8,12H2,1,3-6H3/b21-20+,25-24+.